The zero-order valence-electron chi connectivity index (χ0n) is 74.5. The van der Waals surface area contributed by atoms with Crippen LogP contribution in [0.4, 0.5) is 17.5 Å². The summed E-state index contributed by atoms with van der Waals surface area (Å²) in [5.74, 6) is 42.5. The Kier molecular flexibility index (Phi) is 40.4. The van der Waals surface area contributed by atoms with Gasteiger partial charge in [-0.25, -0.2) is 44.3 Å². The van der Waals surface area contributed by atoms with E-state index in [9.17, 15) is 47.9 Å². The molecule has 0 fully saturated rings. The lowest BCUT2D eigenvalue weighted by Crippen LogP contribution is -2.32. The summed E-state index contributed by atoms with van der Waals surface area (Å²) in [5, 5.41) is 7.80. The Labute approximate surface area is 726 Å². The molecule has 660 valence electrons. The van der Waals surface area contributed by atoms with E-state index < -0.39 is 22.5 Å². The summed E-state index contributed by atoms with van der Waals surface area (Å²) in [6.07, 6.45) is 18.4. The van der Waals surface area contributed by atoms with E-state index in [1.54, 1.807) is 27.0 Å². The van der Waals surface area contributed by atoms with Gasteiger partial charge in [-0.3, -0.25) is 57.2 Å². The minimum atomic E-state index is -0.521. The van der Waals surface area contributed by atoms with Gasteiger partial charge < -0.3 is 61.8 Å². The van der Waals surface area contributed by atoms with Crippen molar-refractivity contribution in [2.24, 2.45) is 5.73 Å². The maximum Gasteiger partial charge on any atom is 0.349 e. The van der Waals surface area contributed by atoms with E-state index in [0.717, 1.165) is 46.0 Å². The van der Waals surface area contributed by atoms with Gasteiger partial charge in [-0.15, -0.1) is 0 Å². The number of hydrogen-bond donors (Lipinski definition) is 10. The highest BCUT2D eigenvalue weighted by Gasteiger charge is 2.19. The number of aromatic amines is 4. The number of carbonyl (C=O) groups is 3. The number of rotatable bonds is 11. The highest BCUT2D eigenvalue weighted by molar-refractivity contribution is 5.93. The Balaban J connectivity index is 0.000000306. The van der Waals surface area contributed by atoms with Gasteiger partial charge in [-0.05, 0) is 118 Å². The first kappa shape index (κ1) is 103. The molecule has 0 aliphatic rings. The number of aromatic nitrogens is 18. The van der Waals surface area contributed by atoms with E-state index in [4.69, 9.17) is 22.9 Å². The second kappa shape index (κ2) is 49.2. The molecule has 125 heavy (non-hydrogen) atoms. The topological polar surface area (TPSA) is 487 Å². The van der Waals surface area contributed by atoms with Crippen molar-refractivity contribution in [2.45, 2.75) is 234 Å². The standard InChI is InChI=1S/C16H19N3O2.C14H17N5O.C13H16N4O.C13H16N4.C12H15N3O3.C11H15N3O.C11H14N2O2.CH4/c1-10(2)19-9-13(8-6-5-7-11(3)20)14-15(19)17-12(4)18-16(14)21;1-9(2)19-7-11(5-4-6-16-10(3)20)12-13(15)17-8-18-14(12)19;1-8(2)17-7-10(5-4-6-14)11-12(17)15-9(3)16-13(11)18;1-4-5-6-10-7-17(9(2)3)13-11(10)12(14)15-8-16-13;1-8(2)15-7-10(11(17)14-12(15)18)5-4-6-13-9(3)16;1-4-5-6-9-7-14(8(2)3)11(15)13-10(9)12;1-4-5-6-9-7-13(8(2)3)11(15)12-10(9)14;/h9-10H,5,7H2,1-4H3,(H,17,18,21);7-9H,6H2,1-3H3,(H,16,20)(H2,15,17,18);7-8H,6,14H2,1-3H3,(H,15,16,18);7-9H,4H2,1-3H3,(H2,14,15,16);7-8H,6H2,1-3H3,(H,13,16)(H,14,17,18);7-8H,4H2,1-3H3,(H2,12,13,15);7-8H,4H2,1-3H3,(H,12,14,15);1H4. The van der Waals surface area contributed by atoms with Crippen molar-refractivity contribution in [1.82, 2.24) is 97.4 Å². The van der Waals surface area contributed by atoms with E-state index in [2.05, 4.69) is 181 Å². The minimum absolute atomic E-state index is 0. The first-order chi connectivity index (χ1) is 58.6. The summed E-state index contributed by atoms with van der Waals surface area (Å²) in [6.45, 7) is 42.2. The highest BCUT2D eigenvalue weighted by atomic mass is 16.2. The molecule has 11 heterocycles. The normalized spacial score (nSPS) is 10.2. The zero-order chi connectivity index (χ0) is 92.5. The van der Waals surface area contributed by atoms with Gasteiger partial charge in [0.05, 0.1) is 69.0 Å². The van der Waals surface area contributed by atoms with Crippen molar-refractivity contribution in [3.63, 3.8) is 0 Å². The number of nitrogen functional groups attached to an aromatic ring is 3. The molecule has 2 amide bonds. The van der Waals surface area contributed by atoms with Crippen molar-refractivity contribution in [2.75, 3.05) is 36.8 Å². The van der Waals surface area contributed by atoms with E-state index in [1.165, 1.54) is 52.6 Å². The van der Waals surface area contributed by atoms with Crippen LogP contribution in [-0.4, -0.2) is 124 Å². The molecule has 14 N–H and O–H groups in total. The molecule has 0 atom stereocenters. The number of aryl methyl sites for hydroxylation is 2. The molecular formula is C91H116N24O10. The van der Waals surface area contributed by atoms with E-state index >= 15 is 0 Å². The number of ketones is 1. The molecule has 34 nitrogen and oxygen atoms in total. The molecule has 11 rings (SSSR count). The van der Waals surface area contributed by atoms with Gasteiger partial charge in [0.2, 0.25) is 11.8 Å². The molecule has 0 aromatic carbocycles. The third kappa shape index (κ3) is 29.5. The molecule has 0 saturated carbocycles. The average Bonchev–Trinajstić information content (AvgIpc) is 1.65. The van der Waals surface area contributed by atoms with Gasteiger partial charge in [0.15, 0.2) is 0 Å². The zero-order valence-corrected chi connectivity index (χ0v) is 74.5. The van der Waals surface area contributed by atoms with Crippen molar-refractivity contribution in [1.29, 1.82) is 0 Å². The third-order valence-electron chi connectivity index (χ3n) is 17.3. The highest BCUT2D eigenvalue weighted by Crippen LogP contribution is 2.28. The van der Waals surface area contributed by atoms with Gasteiger partial charge in [0.25, 0.3) is 22.2 Å². The Morgan fingerprint density at radius 3 is 1.04 bits per heavy atom. The number of Topliss-reactive ketones (excluding diaryl/α,β-unsaturated/α-hetero) is 1. The molecule has 0 saturated heterocycles. The van der Waals surface area contributed by atoms with Crippen LogP contribution in [0.25, 0.3) is 44.1 Å². The molecule has 0 bridgehead atoms. The number of hydrogen-bond acceptors (Lipinski definition) is 21. The number of H-pyrrole nitrogens is 4. The quantitative estimate of drug-likeness (QED) is 0.0540. The van der Waals surface area contributed by atoms with Gasteiger partial charge in [-0.2, -0.15) is 4.98 Å². The second-order valence-corrected chi connectivity index (χ2v) is 29.6. The lowest BCUT2D eigenvalue weighted by Gasteiger charge is -2.09. The van der Waals surface area contributed by atoms with Crippen LogP contribution >= 0.6 is 0 Å². The summed E-state index contributed by atoms with van der Waals surface area (Å²) in [7, 11) is 0. The summed E-state index contributed by atoms with van der Waals surface area (Å²) < 4.78 is 12.4. The van der Waals surface area contributed by atoms with Crippen LogP contribution in [0.3, 0.4) is 0 Å². The predicted molar refractivity (Wildman–Crippen MR) is 494 cm³/mol. The van der Waals surface area contributed by atoms with Gasteiger partial charge in [0, 0.05) is 132 Å². The first-order valence-corrected chi connectivity index (χ1v) is 40.3. The number of fused-ring (bicyclic) bond motifs is 4. The maximum absolute atomic E-state index is 12.2. The molecule has 0 aliphatic heterocycles. The van der Waals surface area contributed by atoms with E-state index in [0.29, 0.717) is 99.5 Å². The van der Waals surface area contributed by atoms with E-state index in [1.807, 2.05) is 128 Å². The SMILES string of the molecule is C.CC(=O)CCC#Cc1cn(C(C)C)c2nc(C)[nH]c(=O)c12.CC(=O)NCC#Cc1cn(C(C)C)c(=O)[nH]c1=O.CC(=O)NCC#Cc1cn(C(C)C)c2ncnc(N)c12.CCC#Cc1cn(C(C)C)c(=O)[nH]c1=O.CCC#Cc1cn(C(C)C)c(=O)nc1N.CCC#Cc1cn(C(C)C)c2ncnc(N)c12.Cc1nc2c(c(C#CCN)cn2C(C)C)c(=O)[nH]1. The van der Waals surface area contributed by atoms with Crippen LogP contribution in [0, 0.1) is 96.7 Å². The summed E-state index contributed by atoms with van der Waals surface area (Å²) in [4.78, 5) is 153. The molecule has 0 spiro atoms. The van der Waals surface area contributed by atoms with Crippen LogP contribution in [-0.2, 0) is 14.4 Å². The molecule has 11 aromatic heterocycles. The summed E-state index contributed by atoms with van der Waals surface area (Å²) in [5.41, 5.74) is 27.5. The smallest absolute Gasteiger partial charge is 0.349 e. The number of nitrogens with one attached hydrogen (secondary N) is 6. The monoisotopic (exact) mass is 1700 g/mol. The molecule has 0 radical (unpaired) electrons. The Bertz CT molecular complexity index is 6620. The molecule has 0 aliphatic carbocycles. The number of carbonyl (C=O) groups excluding carboxylic acids is 3. The molecule has 34 heteroatoms. The molecule has 0 unspecified atom stereocenters. The second-order valence-electron chi connectivity index (χ2n) is 29.6. The number of amides is 2. The fraction of sp³-hybridized carbons (Fsp3) is 0.418. The van der Waals surface area contributed by atoms with Crippen molar-refractivity contribution < 1.29 is 14.4 Å². The van der Waals surface area contributed by atoms with Crippen LogP contribution < -0.4 is 72.9 Å². The summed E-state index contributed by atoms with van der Waals surface area (Å²) in [6, 6.07) is 0.986. The van der Waals surface area contributed by atoms with Crippen LogP contribution in [0.15, 0.2) is 89.6 Å². The largest absolute Gasteiger partial charge is 0.383 e. The van der Waals surface area contributed by atoms with Crippen LogP contribution in [0.5, 0.6) is 0 Å². The average molecular weight is 1710 g/mol. The lowest BCUT2D eigenvalue weighted by atomic mass is 10.2. The third-order valence-corrected chi connectivity index (χ3v) is 17.3. The maximum atomic E-state index is 12.2. The minimum Gasteiger partial charge on any atom is -0.383 e. The van der Waals surface area contributed by atoms with Crippen molar-refractivity contribution in [3.8, 4) is 82.9 Å². The van der Waals surface area contributed by atoms with Gasteiger partial charge in [0.1, 0.15) is 81.3 Å². The fourth-order valence-corrected chi connectivity index (χ4v) is 11.3. The van der Waals surface area contributed by atoms with Crippen LogP contribution in [0.2, 0.25) is 0 Å². The van der Waals surface area contributed by atoms with Crippen molar-refractivity contribution >= 4 is 79.2 Å². The predicted octanol–water partition coefficient (Wildman–Crippen LogP) is 8.98. The Hall–Kier alpha value is -14.8. The summed E-state index contributed by atoms with van der Waals surface area (Å²) >= 11 is 0. The number of nitrogens with two attached hydrogens (primary N) is 4. The molecular weight excluding hydrogens is 1590 g/mol. The Morgan fingerprint density at radius 2 is 0.688 bits per heavy atom. The fourth-order valence-electron chi connectivity index (χ4n) is 11.3. The van der Waals surface area contributed by atoms with Gasteiger partial charge >= 0.3 is 17.1 Å². The first-order valence-electron chi connectivity index (χ1n) is 40.3. The Morgan fingerprint density at radius 1 is 0.376 bits per heavy atom. The number of nitrogens with zero attached hydrogens (tertiary/aromatic N) is 14. The van der Waals surface area contributed by atoms with E-state index in [-0.39, 0.29) is 103 Å². The lowest BCUT2D eigenvalue weighted by molar-refractivity contribution is -0.119. The van der Waals surface area contributed by atoms with Crippen LogP contribution in [0.1, 0.15) is 271 Å². The van der Waals surface area contributed by atoms with Crippen molar-refractivity contribution in [3.05, 3.63) is 179 Å². The number of anilines is 3. The molecule has 11 aromatic rings. The van der Waals surface area contributed by atoms with Gasteiger partial charge in [-0.1, -0.05) is 111 Å².